The highest BCUT2D eigenvalue weighted by Gasteiger charge is 2.29. The van der Waals surface area contributed by atoms with E-state index in [1.165, 1.54) is 33.2 Å². The summed E-state index contributed by atoms with van der Waals surface area (Å²) in [5.41, 5.74) is 19.3. The van der Waals surface area contributed by atoms with E-state index in [0.29, 0.717) is 5.75 Å². The highest BCUT2D eigenvalue weighted by Crippen LogP contribution is 2.47. The number of imidazole rings is 1. The number of pyridine rings is 1. The monoisotopic (exact) mass is 956 g/mol. The Morgan fingerprint density at radius 1 is 0.459 bits per heavy atom. The van der Waals surface area contributed by atoms with Gasteiger partial charge in [-0.05, 0) is 139 Å². The van der Waals surface area contributed by atoms with Crippen LogP contribution in [0.5, 0.6) is 11.5 Å². The molecule has 0 amide bonds. The smallest absolute Gasteiger partial charge is 0.269 e. The maximum absolute atomic E-state index is 6.93. The molecule has 0 N–H and O–H groups in total. The molecule has 0 saturated heterocycles. The molecule has 0 radical (unpaired) electrons. The molecule has 1 aliphatic heterocycles. The van der Waals surface area contributed by atoms with Gasteiger partial charge in [0, 0.05) is 33.8 Å². The molecule has 0 fully saturated rings. The zero-order valence-corrected chi connectivity index (χ0v) is 42.2. The summed E-state index contributed by atoms with van der Waals surface area (Å²) in [5, 5.41) is 4.49. The lowest BCUT2D eigenvalue weighted by Gasteiger charge is -2.22. The summed E-state index contributed by atoms with van der Waals surface area (Å²) in [4.78, 5) is 4.93. The quantitative estimate of drug-likeness (QED) is 0.128. The summed E-state index contributed by atoms with van der Waals surface area (Å²) in [7, 11) is 0. The van der Waals surface area contributed by atoms with Gasteiger partial charge in [0.05, 0.1) is 33.4 Å². The minimum atomic E-state index is -0.169. The Kier molecular flexibility index (Phi) is 9.61. The van der Waals surface area contributed by atoms with Gasteiger partial charge in [0.15, 0.2) is 0 Å². The molecule has 1 aliphatic rings. The highest BCUT2D eigenvalue weighted by atomic mass is 16.5. The number of nitrogens with zero attached hydrogens (tertiary/aromatic N) is 4. The topological polar surface area (TPSA) is 49.0 Å². The highest BCUT2D eigenvalue weighted by molar-refractivity contribution is 6.10. The number of furan rings is 1. The predicted molar refractivity (Wildman–Crippen MR) is 302 cm³/mol. The lowest BCUT2D eigenvalue weighted by Crippen LogP contribution is -2.32. The van der Waals surface area contributed by atoms with E-state index in [-0.39, 0.29) is 10.8 Å². The van der Waals surface area contributed by atoms with Crippen LogP contribution in [0.2, 0.25) is 0 Å². The fourth-order valence-electron chi connectivity index (χ4n) is 11.3. The zero-order valence-electron chi connectivity index (χ0n) is 42.2. The van der Waals surface area contributed by atoms with Crippen molar-refractivity contribution in [3.05, 3.63) is 224 Å². The van der Waals surface area contributed by atoms with Gasteiger partial charge in [-0.3, -0.25) is 13.7 Å². The van der Waals surface area contributed by atoms with Crippen LogP contribution in [0.3, 0.4) is 0 Å². The molecule has 9 aromatic carbocycles. The number of aromatic nitrogens is 4. The van der Waals surface area contributed by atoms with E-state index in [1.807, 2.05) is 24.4 Å². The van der Waals surface area contributed by atoms with Crippen molar-refractivity contribution >= 4 is 54.8 Å². The molecule has 13 aromatic rings. The Bertz CT molecular complexity index is 4440. The van der Waals surface area contributed by atoms with Crippen molar-refractivity contribution < 1.29 is 13.7 Å². The van der Waals surface area contributed by atoms with Crippen molar-refractivity contribution in [3.63, 3.8) is 0 Å². The molecule has 0 spiro atoms. The standard InChI is InChI=1S/C68H52N4O2/c1-67(2,3)43-33-34-69-64(38-43)72-59-27-13-11-23-53(59)54-31-30-47(40-60(54)72)73-46-18-15-17-45(39-46)70-41-71-65-48(42-29-32-63-57(35-42)55-24-12-14-28-62(55)74-63)25-16-26-56(65)51-21-9-7-19-49(51)50-20-8-10-22-52(50)58-36-44(68(4,5)6)37-61(70)66(58)71/h7-40H,1-6H3. The number of hydrogen-bond donors (Lipinski definition) is 0. The molecule has 4 aromatic heterocycles. The van der Waals surface area contributed by atoms with Crippen molar-refractivity contribution in [1.82, 2.24) is 14.1 Å². The van der Waals surface area contributed by atoms with Crippen molar-refractivity contribution in [3.8, 4) is 73.2 Å². The third-order valence-electron chi connectivity index (χ3n) is 15.1. The van der Waals surface area contributed by atoms with E-state index in [2.05, 4.69) is 244 Å². The third kappa shape index (κ3) is 6.93. The molecular weight excluding hydrogens is 905 g/mol. The van der Waals surface area contributed by atoms with Gasteiger partial charge in [-0.2, -0.15) is 0 Å². The molecule has 0 bridgehead atoms. The second kappa shape index (κ2) is 16.3. The first kappa shape index (κ1) is 43.8. The van der Waals surface area contributed by atoms with Crippen molar-refractivity contribution in [1.29, 1.82) is 0 Å². The van der Waals surface area contributed by atoms with Crippen LogP contribution in [-0.2, 0) is 10.8 Å². The largest absolute Gasteiger partial charge is 0.458 e. The van der Waals surface area contributed by atoms with E-state index in [0.717, 1.165) is 100 Å². The summed E-state index contributed by atoms with van der Waals surface area (Å²) in [5.74, 6) is 2.33. The van der Waals surface area contributed by atoms with Gasteiger partial charge < -0.3 is 9.15 Å². The summed E-state index contributed by atoms with van der Waals surface area (Å²) >= 11 is 0. The molecular formula is C68H52N4O2. The van der Waals surface area contributed by atoms with Crippen molar-refractivity contribution in [2.24, 2.45) is 0 Å². The Hall–Kier alpha value is -9.00. The minimum Gasteiger partial charge on any atom is -0.458 e. The van der Waals surface area contributed by atoms with E-state index >= 15 is 0 Å². The number of rotatable bonds is 5. The van der Waals surface area contributed by atoms with E-state index in [1.54, 1.807) is 0 Å². The third-order valence-corrected chi connectivity index (χ3v) is 15.1. The van der Waals surface area contributed by atoms with Crippen LogP contribution < -0.4 is 9.30 Å². The Morgan fingerprint density at radius 3 is 1.88 bits per heavy atom. The van der Waals surface area contributed by atoms with Gasteiger partial charge >= 0.3 is 0 Å². The molecule has 74 heavy (non-hydrogen) atoms. The van der Waals surface area contributed by atoms with Crippen LogP contribution in [0.15, 0.2) is 211 Å². The van der Waals surface area contributed by atoms with Gasteiger partial charge in [-0.1, -0.05) is 163 Å². The summed E-state index contributed by atoms with van der Waals surface area (Å²) in [6.45, 7) is 13.6. The lowest BCUT2D eigenvalue weighted by atomic mass is 9.83. The molecule has 6 heteroatoms. The average Bonchev–Trinajstić information content (AvgIpc) is 4.11. The molecule has 0 atom stereocenters. The molecule has 0 saturated carbocycles. The molecule has 5 heterocycles. The first-order valence-electron chi connectivity index (χ1n) is 25.5. The van der Waals surface area contributed by atoms with E-state index in [4.69, 9.17) is 14.1 Å². The molecule has 0 unspecified atom stereocenters. The number of benzene rings is 9. The molecule has 6 nitrogen and oxygen atoms in total. The first-order valence-corrected chi connectivity index (χ1v) is 25.5. The van der Waals surface area contributed by atoms with Crippen LogP contribution >= 0.6 is 0 Å². The maximum Gasteiger partial charge on any atom is 0.269 e. The molecule has 356 valence electrons. The second-order valence-electron chi connectivity index (χ2n) is 21.8. The fraction of sp³-hybridized carbons (Fsp3) is 0.118. The van der Waals surface area contributed by atoms with Gasteiger partial charge in [0.25, 0.3) is 6.33 Å². The fourth-order valence-corrected chi connectivity index (χ4v) is 11.3. The summed E-state index contributed by atoms with van der Waals surface area (Å²) in [6.07, 6.45) is 5.95. The zero-order chi connectivity index (χ0) is 50.0. The Labute approximate surface area is 430 Å². The van der Waals surface area contributed by atoms with Gasteiger partial charge in [-0.15, -0.1) is 0 Å². The van der Waals surface area contributed by atoms with Crippen LogP contribution in [0, 0.1) is 6.33 Å². The average molecular weight is 957 g/mol. The SMILES string of the molecule is CC(C)(C)c1ccnc(-n2c3ccccc3c3ccc(Oc4cccc(-n5[c-][n+]6c7c(cc(C(C)(C)C)cc75)-c5ccccc5-c5ccccc5-c5cccc(-c7ccc8oc9ccccc9c8c7)c5-6)c4)cc32)c1. The van der Waals surface area contributed by atoms with Crippen LogP contribution in [0.25, 0.3) is 116 Å². The second-order valence-corrected chi connectivity index (χ2v) is 21.8. The molecule has 0 aliphatic carbocycles. The van der Waals surface area contributed by atoms with Crippen molar-refractivity contribution in [2.45, 2.75) is 52.4 Å². The Balaban J connectivity index is 0.991. The summed E-state index contributed by atoms with van der Waals surface area (Å²) in [6, 6.07) is 71.9. The predicted octanol–water partition coefficient (Wildman–Crippen LogP) is 17.5. The number of para-hydroxylation sites is 3. The lowest BCUT2D eigenvalue weighted by molar-refractivity contribution is -0.570. The Morgan fingerprint density at radius 2 is 1.09 bits per heavy atom. The maximum atomic E-state index is 6.93. The number of hydrogen-bond acceptors (Lipinski definition) is 3. The van der Waals surface area contributed by atoms with Crippen LogP contribution in [0.4, 0.5) is 0 Å². The normalized spacial score (nSPS) is 12.5. The first-order chi connectivity index (χ1) is 35.9. The van der Waals surface area contributed by atoms with Gasteiger partial charge in [0.1, 0.15) is 28.5 Å². The van der Waals surface area contributed by atoms with Crippen molar-refractivity contribution in [2.75, 3.05) is 0 Å². The van der Waals surface area contributed by atoms with Gasteiger partial charge in [0.2, 0.25) is 0 Å². The minimum absolute atomic E-state index is 0.0320. The van der Waals surface area contributed by atoms with Crippen LogP contribution in [-0.4, -0.2) is 14.1 Å². The summed E-state index contributed by atoms with van der Waals surface area (Å²) < 4.78 is 20.1. The number of ether oxygens (including phenoxy) is 1. The van der Waals surface area contributed by atoms with Gasteiger partial charge in [-0.25, -0.2) is 4.98 Å². The number of fused-ring (bicyclic) bond motifs is 13. The molecule has 14 rings (SSSR count). The van der Waals surface area contributed by atoms with E-state index in [9.17, 15) is 0 Å². The van der Waals surface area contributed by atoms with Crippen LogP contribution in [0.1, 0.15) is 52.7 Å². The van der Waals surface area contributed by atoms with E-state index < -0.39 is 0 Å².